The van der Waals surface area contributed by atoms with E-state index in [4.69, 9.17) is 5.73 Å². The van der Waals surface area contributed by atoms with Gasteiger partial charge in [-0.3, -0.25) is 4.68 Å². The SMILES string of the molecule is CC(C)n1nc2c(c1CN)CCNCC2. The van der Waals surface area contributed by atoms with Crippen LogP contribution in [0.2, 0.25) is 0 Å². The van der Waals surface area contributed by atoms with Crippen molar-refractivity contribution in [1.29, 1.82) is 0 Å². The summed E-state index contributed by atoms with van der Waals surface area (Å²) in [5.74, 6) is 0. The fraction of sp³-hybridized carbons (Fsp3) is 0.727. The summed E-state index contributed by atoms with van der Waals surface area (Å²) >= 11 is 0. The predicted molar refractivity (Wildman–Crippen MR) is 60.8 cm³/mol. The van der Waals surface area contributed by atoms with Crippen molar-refractivity contribution in [2.24, 2.45) is 5.73 Å². The van der Waals surface area contributed by atoms with Crippen molar-refractivity contribution >= 4 is 0 Å². The van der Waals surface area contributed by atoms with Gasteiger partial charge in [-0.05, 0) is 32.4 Å². The van der Waals surface area contributed by atoms with E-state index in [1.807, 2.05) is 0 Å². The fourth-order valence-corrected chi connectivity index (χ4v) is 2.23. The first-order valence-electron chi connectivity index (χ1n) is 5.74. The Balaban J connectivity index is 2.43. The quantitative estimate of drug-likeness (QED) is 0.749. The maximum absolute atomic E-state index is 5.83. The van der Waals surface area contributed by atoms with E-state index in [0.29, 0.717) is 12.6 Å². The van der Waals surface area contributed by atoms with Gasteiger partial charge in [-0.2, -0.15) is 5.10 Å². The highest BCUT2D eigenvalue weighted by molar-refractivity contribution is 5.28. The summed E-state index contributed by atoms with van der Waals surface area (Å²) in [5.41, 5.74) is 9.68. The number of fused-ring (bicyclic) bond motifs is 1. The molecule has 0 fully saturated rings. The number of nitrogens with one attached hydrogen (secondary N) is 1. The molecule has 0 aliphatic carbocycles. The van der Waals surface area contributed by atoms with Crippen LogP contribution in [-0.4, -0.2) is 22.9 Å². The van der Waals surface area contributed by atoms with Crippen LogP contribution in [0.1, 0.15) is 36.8 Å². The molecule has 1 aromatic rings. The number of aromatic nitrogens is 2. The summed E-state index contributed by atoms with van der Waals surface area (Å²) in [6, 6.07) is 0.406. The highest BCUT2D eigenvalue weighted by Crippen LogP contribution is 2.20. The molecule has 0 aromatic carbocycles. The molecule has 1 aromatic heterocycles. The molecule has 0 spiro atoms. The Morgan fingerprint density at radius 2 is 2.13 bits per heavy atom. The Bertz CT molecular complexity index is 341. The summed E-state index contributed by atoms with van der Waals surface area (Å²) in [7, 11) is 0. The lowest BCUT2D eigenvalue weighted by Crippen LogP contribution is -2.18. The highest BCUT2D eigenvalue weighted by atomic mass is 15.3. The minimum absolute atomic E-state index is 0.406. The summed E-state index contributed by atoms with van der Waals surface area (Å²) < 4.78 is 2.09. The maximum atomic E-state index is 5.83. The lowest BCUT2D eigenvalue weighted by Gasteiger charge is -2.10. The molecule has 0 amide bonds. The van der Waals surface area contributed by atoms with Crippen LogP contribution in [0, 0.1) is 0 Å². The summed E-state index contributed by atoms with van der Waals surface area (Å²) in [6.45, 7) is 6.99. The first-order chi connectivity index (χ1) is 7.24. The van der Waals surface area contributed by atoms with Crippen molar-refractivity contribution in [2.75, 3.05) is 13.1 Å². The van der Waals surface area contributed by atoms with Crippen molar-refractivity contribution in [3.05, 3.63) is 17.0 Å². The first-order valence-corrected chi connectivity index (χ1v) is 5.74. The molecule has 0 bridgehead atoms. The first kappa shape index (κ1) is 10.6. The Kier molecular flexibility index (Phi) is 3.07. The van der Waals surface area contributed by atoms with Crippen molar-refractivity contribution in [1.82, 2.24) is 15.1 Å². The highest BCUT2D eigenvalue weighted by Gasteiger charge is 2.19. The molecule has 1 aliphatic rings. The Morgan fingerprint density at radius 1 is 1.40 bits per heavy atom. The molecule has 2 heterocycles. The van der Waals surface area contributed by atoms with Gasteiger partial charge in [-0.15, -0.1) is 0 Å². The van der Waals surface area contributed by atoms with Crippen LogP contribution < -0.4 is 11.1 Å². The molecule has 0 unspecified atom stereocenters. The van der Waals surface area contributed by atoms with Gasteiger partial charge in [0, 0.05) is 25.6 Å². The minimum atomic E-state index is 0.406. The molecule has 4 nitrogen and oxygen atoms in total. The fourth-order valence-electron chi connectivity index (χ4n) is 2.23. The van der Waals surface area contributed by atoms with Crippen molar-refractivity contribution in [3.8, 4) is 0 Å². The molecule has 0 atom stereocenters. The molecule has 15 heavy (non-hydrogen) atoms. The number of rotatable bonds is 2. The van der Waals surface area contributed by atoms with Crippen molar-refractivity contribution in [2.45, 2.75) is 39.3 Å². The topological polar surface area (TPSA) is 55.9 Å². The van der Waals surface area contributed by atoms with Gasteiger partial charge < -0.3 is 11.1 Å². The van der Waals surface area contributed by atoms with Gasteiger partial charge in [-0.25, -0.2) is 0 Å². The third-order valence-corrected chi connectivity index (χ3v) is 2.97. The molecule has 84 valence electrons. The van der Waals surface area contributed by atoms with Crippen molar-refractivity contribution in [3.63, 3.8) is 0 Å². The van der Waals surface area contributed by atoms with Gasteiger partial charge in [-0.1, -0.05) is 0 Å². The van der Waals surface area contributed by atoms with Gasteiger partial charge >= 0.3 is 0 Å². The van der Waals surface area contributed by atoms with Crippen LogP contribution in [0.4, 0.5) is 0 Å². The zero-order valence-electron chi connectivity index (χ0n) is 9.58. The van der Waals surface area contributed by atoms with E-state index in [1.165, 1.54) is 17.0 Å². The molecule has 2 rings (SSSR count). The third-order valence-electron chi connectivity index (χ3n) is 2.97. The molecule has 1 aliphatic heterocycles. The second-order valence-electron chi connectivity index (χ2n) is 4.36. The van der Waals surface area contributed by atoms with E-state index in [2.05, 4.69) is 28.9 Å². The largest absolute Gasteiger partial charge is 0.325 e. The van der Waals surface area contributed by atoms with Crippen LogP contribution in [0.15, 0.2) is 0 Å². The van der Waals surface area contributed by atoms with E-state index in [9.17, 15) is 0 Å². The Morgan fingerprint density at radius 3 is 2.80 bits per heavy atom. The standard InChI is InChI=1S/C11H20N4/c1-8(2)15-11(7-12)9-3-5-13-6-4-10(9)14-15/h8,13H,3-7,12H2,1-2H3. The number of hydrogen-bond acceptors (Lipinski definition) is 3. The summed E-state index contributed by atoms with van der Waals surface area (Å²) in [5, 5.41) is 8.07. The van der Waals surface area contributed by atoms with E-state index < -0.39 is 0 Å². The normalized spacial score (nSPS) is 16.5. The van der Waals surface area contributed by atoms with Crippen LogP contribution in [-0.2, 0) is 19.4 Å². The van der Waals surface area contributed by atoms with E-state index in [0.717, 1.165) is 25.9 Å². The van der Waals surface area contributed by atoms with Crippen LogP contribution in [0.25, 0.3) is 0 Å². The van der Waals surface area contributed by atoms with Gasteiger partial charge in [0.1, 0.15) is 0 Å². The third kappa shape index (κ3) is 1.92. The van der Waals surface area contributed by atoms with Crippen molar-refractivity contribution < 1.29 is 0 Å². The molecule has 0 saturated heterocycles. The van der Waals surface area contributed by atoms with Gasteiger partial charge in [0.25, 0.3) is 0 Å². The van der Waals surface area contributed by atoms with Gasteiger partial charge in [0.2, 0.25) is 0 Å². The minimum Gasteiger partial charge on any atom is -0.325 e. The number of nitrogens with two attached hydrogens (primary N) is 1. The van der Waals surface area contributed by atoms with Crippen LogP contribution >= 0.6 is 0 Å². The van der Waals surface area contributed by atoms with E-state index in [1.54, 1.807) is 0 Å². The number of hydrogen-bond donors (Lipinski definition) is 2. The average molecular weight is 208 g/mol. The van der Waals surface area contributed by atoms with Crippen LogP contribution in [0.3, 0.4) is 0 Å². The molecular weight excluding hydrogens is 188 g/mol. The molecule has 0 radical (unpaired) electrons. The van der Waals surface area contributed by atoms with Gasteiger partial charge in [0.15, 0.2) is 0 Å². The zero-order valence-corrected chi connectivity index (χ0v) is 9.58. The maximum Gasteiger partial charge on any atom is 0.0673 e. The zero-order chi connectivity index (χ0) is 10.8. The van der Waals surface area contributed by atoms with Gasteiger partial charge in [0.05, 0.1) is 11.4 Å². The van der Waals surface area contributed by atoms with E-state index >= 15 is 0 Å². The summed E-state index contributed by atoms with van der Waals surface area (Å²) in [6.07, 6.45) is 2.09. The molecular formula is C11H20N4. The predicted octanol–water partition coefficient (Wildman–Crippen LogP) is 0.611. The Labute approximate surface area is 90.8 Å². The average Bonchev–Trinajstić information content (AvgIpc) is 2.40. The van der Waals surface area contributed by atoms with E-state index in [-0.39, 0.29) is 0 Å². The Hall–Kier alpha value is -0.870. The lowest BCUT2D eigenvalue weighted by molar-refractivity contribution is 0.501. The second-order valence-corrected chi connectivity index (χ2v) is 4.36. The second kappa shape index (κ2) is 4.33. The monoisotopic (exact) mass is 208 g/mol. The summed E-state index contributed by atoms with van der Waals surface area (Å²) in [4.78, 5) is 0. The molecule has 3 N–H and O–H groups in total. The lowest BCUT2D eigenvalue weighted by atomic mass is 10.1. The van der Waals surface area contributed by atoms with Crippen LogP contribution in [0.5, 0.6) is 0 Å². The smallest absolute Gasteiger partial charge is 0.0673 e. The molecule has 4 heteroatoms. The molecule has 0 saturated carbocycles. The number of nitrogens with zero attached hydrogens (tertiary/aromatic N) is 2.